The molecule has 0 aliphatic carbocycles. The van der Waals surface area contributed by atoms with Crippen LogP contribution in [0, 0.1) is 0 Å². The molecule has 1 aromatic rings. The molecule has 0 aromatic heterocycles. The van der Waals surface area contributed by atoms with E-state index in [4.69, 9.17) is 15.5 Å². The number of benzene rings is 1. The molecule has 0 atom stereocenters. The molecular formula is C13H19NO3. The Morgan fingerprint density at radius 2 is 2.06 bits per heavy atom. The van der Waals surface area contributed by atoms with Gasteiger partial charge in [0.25, 0.3) is 0 Å². The Kier molecular flexibility index (Phi) is 4.66. The molecule has 0 aliphatic heterocycles. The van der Waals surface area contributed by atoms with E-state index < -0.39 is 11.6 Å². The lowest BCUT2D eigenvalue weighted by Crippen LogP contribution is -2.22. The zero-order chi connectivity index (χ0) is 12.9. The van der Waals surface area contributed by atoms with Crippen LogP contribution in [0.15, 0.2) is 24.3 Å². The minimum absolute atomic E-state index is 0.472. The van der Waals surface area contributed by atoms with Gasteiger partial charge in [0.2, 0.25) is 0 Å². The fourth-order valence-corrected chi connectivity index (χ4v) is 1.23. The molecule has 0 unspecified atom stereocenters. The lowest BCUT2D eigenvalue weighted by molar-refractivity contribution is -0.301. The minimum Gasteiger partial charge on any atom is -0.330 e. The molecule has 0 bridgehead atoms. The molecule has 1 rings (SSSR count). The summed E-state index contributed by atoms with van der Waals surface area (Å²) in [5.41, 5.74) is 6.44. The van der Waals surface area contributed by atoms with Crippen LogP contribution in [0.2, 0.25) is 0 Å². The van der Waals surface area contributed by atoms with Crippen molar-refractivity contribution in [2.24, 2.45) is 5.73 Å². The maximum absolute atomic E-state index is 11.7. The first-order chi connectivity index (χ1) is 7.92. The van der Waals surface area contributed by atoms with Crippen molar-refractivity contribution in [3.63, 3.8) is 0 Å². The van der Waals surface area contributed by atoms with Gasteiger partial charge in [0, 0.05) is 0 Å². The summed E-state index contributed by atoms with van der Waals surface area (Å²) >= 11 is 0. The van der Waals surface area contributed by atoms with Crippen molar-refractivity contribution in [2.75, 3.05) is 6.54 Å². The summed E-state index contributed by atoms with van der Waals surface area (Å²) in [5.74, 6) is -0.487. The fourth-order valence-electron chi connectivity index (χ4n) is 1.23. The summed E-state index contributed by atoms with van der Waals surface area (Å²) in [4.78, 5) is 21.4. The van der Waals surface area contributed by atoms with Crippen LogP contribution in [0.4, 0.5) is 0 Å². The summed E-state index contributed by atoms with van der Waals surface area (Å²) < 4.78 is 0. The molecule has 0 radical (unpaired) electrons. The van der Waals surface area contributed by atoms with Crippen molar-refractivity contribution in [1.29, 1.82) is 0 Å². The number of hydrogen-bond donors (Lipinski definition) is 1. The van der Waals surface area contributed by atoms with Crippen molar-refractivity contribution in [3.05, 3.63) is 35.4 Å². The van der Waals surface area contributed by atoms with E-state index in [-0.39, 0.29) is 0 Å². The third kappa shape index (κ3) is 4.97. The molecule has 94 valence electrons. The minimum atomic E-state index is -0.509. The van der Waals surface area contributed by atoms with Crippen LogP contribution in [-0.4, -0.2) is 18.1 Å². The Balaban J connectivity index is 2.65. The van der Waals surface area contributed by atoms with Crippen LogP contribution in [0.5, 0.6) is 0 Å². The highest BCUT2D eigenvalue weighted by Crippen LogP contribution is 2.11. The highest BCUT2D eigenvalue weighted by molar-refractivity contribution is 5.89. The van der Waals surface area contributed by atoms with Gasteiger partial charge in [-0.3, -0.25) is 4.89 Å². The van der Waals surface area contributed by atoms with Gasteiger partial charge < -0.3 is 5.73 Å². The molecule has 0 fully saturated rings. The Hall–Kier alpha value is -1.39. The monoisotopic (exact) mass is 237 g/mol. The number of nitrogens with two attached hydrogens (primary N) is 1. The summed E-state index contributed by atoms with van der Waals surface area (Å²) in [5, 5.41) is 0. The highest BCUT2D eigenvalue weighted by Gasteiger charge is 2.16. The van der Waals surface area contributed by atoms with Crippen molar-refractivity contribution in [1.82, 2.24) is 0 Å². The summed E-state index contributed by atoms with van der Waals surface area (Å²) in [6, 6.07) is 7.18. The smallest absolute Gasteiger partial charge is 0.330 e. The summed E-state index contributed by atoms with van der Waals surface area (Å²) in [6.45, 7) is 5.98. The normalized spacial score (nSPS) is 11.3. The largest absolute Gasteiger partial charge is 0.373 e. The molecular weight excluding hydrogens is 218 g/mol. The zero-order valence-corrected chi connectivity index (χ0v) is 10.5. The molecule has 0 heterocycles. The molecule has 4 nitrogen and oxygen atoms in total. The maximum Gasteiger partial charge on any atom is 0.373 e. The van der Waals surface area contributed by atoms with E-state index in [1.54, 1.807) is 18.2 Å². The van der Waals surface area contributed by atoms with E-state index in [2.05, 4.69) is 0 Å². The van der Waals surface area contributed by atoms with Crippen molar-refractivity contribution in [3.8, 4) is 0 Å². The number of carbonyl (C=O) groups is 1. The van der Waals surface area contributed by atoms with Crippen LogP contribution in [0.3, 0.4) is 0 Å². The summed E-state index contributed by atoms with van der Waals surface area (Å²) in [7, 11) is 0. The van der Waals surface area contributed by atoms with Gasteiger partial charge in [0.05, 0.1) is 5.56 Å². The Morgan fingerprint density at radius 3 is 2.65 bits per heavy atom. The van der Waals surface area contributed by atoms with Gasteiger partial charge >= 0.3 is 5.97 Å². The quantitative estimate of drug-likeness (QED) is 0.643. The Morgan fingerprint density at radius 1 is 1.35 bits per heavy atom. The standard InChI is InChI=1S/C13H19NO3/c1-13(2,3)17-16-12(15)11-6-4-5-10(9-11)7-8-14/h4-6,9H,7-8,14H2,1-3H3. The topological polar surface area (TPSA) is 61.5 Å². The third-order valence-electron chi connectivity index (χ3n) is 1.96. The van der Waals surface area contributed by atoms with E-state index >= 15 is 0 Å². The molecule has 0 saturated heterocycles. The van der Waals surface area contributed by atoms with Gasteiger partial charge in [-0.25, -0.2) is 4.79 Å². The first-order valence-corrected chi connectivity index (χ1v) is 5.61. The van der Waals surface area contributed by atoms with Crippen molar-refractivity contribution >= 4 is 5.97 Å². The second-order valence-electron chi connectivity index (χ2n) is 4.81. The lowest BCUT2D eigenvalue weighted by atomic mass is 10.1. The molecule has 0 amide bonds. The van der Waals surface area contributed by atoms with Gasteiger partial charge in [-0.2, -0.15) is 4.89 Å². The number of rotatable bonds is 4. The Labute approximate surface area is 102 Å². The van der Waals surface area contributed by atoms with Crippen LogP contribution in [-0.2, 0) is 16.2 Å². The van der Waals surface area contributed by atoms with Gasteiger partial charge in [-0.15, -0.1) is 0 Å². The van der Waals surface area contributed by atoms with E-state index in [1.165, 1.54) is 0 Å². The second kappa shape index (κ2) is 5.80. The average Bonchev–Trinajstić information content (AvgIpc) is 2.26. The van der Waals surface area contributed by atoms with Gasteiger partial charge in [0.1, 0.15) is 5.60 Å². The predicted octanol–water partition coefficient (Wildman–Crippen LogP) is 2.07. The molecule has 0 saturated carbocycles. The zero-order valence-electron chi connectivity index (χ0n) is 10.5. The molecule has 2 N–H and O–H groups in total. The molecule has 4 heteroatoms. The number of hydrogen-bond acceptors (Lipinski definition) is 4. The van der Waals surface area contributed by atoms with Gasteiger partial charge in [0.15, 0.2) is 0 Å². The van der Waals surface area contributed by atoms with E-state index in [9.17, 15) is 4.79 Å². The first kappa shape index (κ1) is 13.7. The van der Waals surface area contributed by atoms with Crippen LogP contribution in [0.25, 0.3) is 0 Å². The highest BCUT2D eigenvalue weighted by atomic mass is 17.2. The summed E-state index contributed by atoms with van der Waals surface area (Å²) in [6.07, 6.45) is 0.737. The molecule has 0 aliphatic rings. The van der Waals surface area contributed by atoms with Crippen LogP contribution < -0.4 is 5.73 Å². The van der Waals surface area contributed by atoms with Crippen LogP contribution >= 0.6 is 0 Å². The van der Waals surface area contributed by atoms with Crippen molar-refractivity contribution in [2.45, 2.75) is 32.8 Å². The first-order valence-electron chi connectivity index (χ1n) is 5.61. The van der Waals surface area contributed by atoms with E-state index in [1.807, 2.05) is 26.8 Å². The predicted molar refractivity (Wildman–Crippen MR) is 65.5 cm³/mol. The molecule has 17 heavy (non-hydrogen) atoms. The third-order valence-corrected chi connectivity index (χ3v) is 1.96. The van der Waals surface area contributed by atoms with E-state index in [0.29, 0.717) is 12.1 Å². The van der Waals surface area contributed by atoms with Crippen molar-refractivity contribution < 1.29 is 14.6 Å². The molecule has 1 aromatic carbocycles. The Bertz CT molecular complexity index is 382. The van der Waals surface area contributed by atoms with E-state index in [0.717, 1.165) is 12.0 Å². The lowest BCUT2D eigenvalue weighted by Gasteiger charge is -2.16. The molecule has 0 spiro atoms. The maximum atomic E-state index is 11.7. The number of carbonyl (C=O) groups excluding carboxylic acids is 1. The van der Waals surface area contributed by atoms with Gasteiger partial charge in [-0.05, 0) is 51.4 Å². The second-order valence-corrected chi connectivity index (χ2v) is 4.81. The van der Waals surface area contributed by atoms with Gasteiger partial charge in [-0.1, -0.05) is 12.1 Å². The fraction of sp³-hybridized carbons (Fsp3) is 0.462. The SMILES string of the molecule is CC(C)(C)OOC(=O)c1cccc(CCN)c1. The van der Waals surface area contributed by atoms with Crippen LogP contribution in [0.1, 0.15) is 36.7 Å². The average molecular weight is 237 g/mol.